The molecule has 1 aromatic heterocycles. The first kappa shape index (κ1) is 14.5. The Kier molecular flexibility index (Phi) is 4.39. The Hall–Kier alpha value is -1.88. The van der Waals surface area contributed by atoms with Gasteiger partial charge in [-0.25, -0.2) is 0 Å². The van der Waals surface area contributed by atoms with Crippen molar-refractivity contribution in [3.05, 3.63) is 29.2 Å². The molecule has 0 radical (unpaired) electrons. The molecule has 0 fully saturated rings. The maximum Gasteiger partial charge on any atom is 0.227 e. The average molecular weight is 275 g/mol. The Balaban J connectivity index is 2.24. The number of phenols is 1. The molecule has 108 valence electrons. The van der Waals surface area contributed by atoms with Crippen molar-refractivity contribution in [2.75, 3.05) is 6.54 Å². The van der Waals surface area contributed by atoms with Gasteiger partial charge in [0.2, 0.25) is 11.7 Å². The van der Waals surface area contributed by atoms with Crippen LogP contribution in [-0.2, 0) is 6.42 Å². The van der Waals surface area contributed by atoms with Crippen LogP contribution in [0.15, 0.2) is 16.7 Å². The van der Waals surface area contributed by atoms with Gasteiger partial charge in [-0.05, 0) is 49.6 Å². The minimum Gasteiger partial charge on any atom is -0.507 e. The Morgan fingerprint density at radius 3 is 2.50 bits per heavy atom. The minimum absolute atomic E-state index is 0.312. The summed E-state index contributed by atoms with van der Waals surface area (Å²) in [6.45, 7) is 6.43. The van der Waals surface area contributed by atoms with Crippen molar-refractivity contribution in [1.29, 1.82) is 0 Å². The predicted molar refractivity (Wildman–Crippen MR) is 77.4 cm³/mol. The zero-order valence-corrected chi connectivity index (χ0v) is 12.2. The lowest BCUT2D eigenvalue weighted by Crippen LogP contribution is -2.15. The lowest BCUT2D eigenvalue weighted by molar-refractivity contribution is 0.350. The zero-order valence-electron chi connectivity index (χ0n) is 12.2. The van der Waals surface area contributed by atoms with Gasteiger partial charge < -0.3 is 15.4 Å². The second-order valence-electron chi connectivity index (χ2n) is 5.18. The number of hydrogen-bond donors (Lipinski definition) is 2. The summed E-state index contributed by atoms with van der Waals surface area (Å²) in [4.78, 5) is 4.41. The third-order valence-electron chi connectivity index (χ3n) is 3.59. The molecule has 1 atom stereocenters. The molecule has 2 rings (SSSR count). The molecule has 0 saturated carbocycles. The summed E-state index contributed by atoms with van der Waals surface area (Å²) in [5.74, 6) is 1.84. The van der Waals surface area contributed by atoms with Gasteiger partial charge in [0.15, 0.2) is 0 Å². The SMILES string of the molecule is CCC(CN)Cc1nc(-c2cc(C)c(O)c(C)c2)no1. The molecule has 1 aromatic carbocycles. The van der Waals surface area contributed by atoms with E-state index in [1.165, 1.54) is 0 Å². The van der Waals surface area contributed by atoms with Gasteiger partial charge in [-0.3, -0.25) is 0 Å². The van der Waals surface area contributed by atoms with Gasteiger partial charge in [0, 0.05) is 12.0 Å². The fourth-order valence-corrected chi connectivity index (χ4v) is 2.18. The Bertz CT molecular complexity index is 566. The third kappa shape index (κ3) is 2.99. The molecule has 0 amide bonds. The summed E-state index contributed by atoms with van der Waals surface area (Å²) in [6, 6.07) is 3.72. The molecular formula is C15H21N3O2. The average Bonchev–Trinajstić information content (AvgIpc) is 2.90. The molecule has 0 aliphatic heterocycles. The van der Waals surface area contributed by atoms with E-state index >= 15 is 0 Å². The Labute approximate surface area is 118 Å². The quantitative estimate of drug-likeness (QED) is 0.876. The number of aryl methyl sites for hydroxylation is 2. The van der Waals surface area contributed by atoms with Gasteiger partial charge in [0.25, 0.3) is 0 Å². The highest BCUT2D eigenvalue weighted by Crippen LogP contribution is 2.27. The van der Waals surface area contributed by atoms with Crippen molar-refractivity contribution < 1.29 is 9.63 Å². The van der Waals surface area contributed by atoms with Crippen LogP contribution in [0.3, 0.4) is 0 Å². The van der Waals surface area contributed by atoms with Crippen LogP contribution in [0.1, 0.15) is 30.4 Å². The largest absolute Gasteiger partial charge is 0.507 e. The van der Waals surface area contributed by atoms with E-state index in [0.29, 0.717) is 36.3 Å². The van der Waals surface area contributed by atoms with E-state index in [1.54, 1.807) is 0 Å². The summed E-state index contributed by atoms with van der Waals surface area (Å²) >= 11 is 0. The van der Waals surface area contributed by atoms with Crippen LogP contribution in [0.5, 0.6) is 5.75 Å². The summed E-state index contributed by atoms with van der Waals surface area (Å²) in [7, 11) is 0. The van der Waals surface area contributed by atoms with Crippen LogP contribution in [0.2, 0.25) is 0 Å². The number of hydrogen-bond acceptors (Lipinski definition) is 5. The number of aromatic hydroxyl groups is 1. The molecule has 0 aliphatic rings. The van der Waals surface area contributed by atoms with Crippen LogP contribution in [0.4, 0.5) is 0 Å². The fourth-order valence-electron chi connectivity index (χ4n) is 2.18. The highest BCUT2D eigenvalue weighted by molar-refractivity contribution is 5.60. The Morgan fingerprint density at radius 2 is 1.95 bits per heavy atom. The third-order valence-corrected chi connectivity index (χ3v) is 3.59. The van der Waals surface area contributed by atoms with E-state index in [9.17, 15) is 5.11 Å². The standard InChI is InChI=1S/C15H21N3O2/c1-4-11(8-16)7-13-17-15(18-20-13)12-5-9(2)14(19)10(3)6-12/h5-6,11,19H,4,7-8,16H2,1-3H3. The molecule has 2 aromatic rings. The summed E-state index contributed by atoms with van der Waals surface area (Å²) in [6.07, 6.45) is 1.70. The van der Waals surface area contributed by atoms with Crippen LogP contribution in [0, 0.1) is 19.8 Å². The van der Waals surface area contributed by atoms with Crippen LogP contribution < -0.4 is 5.73 Å². The number of nitrogens with zero attached hydrogens (tertiary/aromatic N) is 2. The fraction of sp³-hybridized carbons (Fsp3) is 0.467. The molecule has 1 unspecified atom stereocenters. The van der Waals surface area contributed by atoms with Gasteiger partial charge >= 0.3 is 0 Å². The van der Waals surface area contributed by atoms with E-state index in [-0.39, 0.29) is 0 Å². The number of rotatable bonds is 5. The van der Waals surface area contributed by atoms with Crippen LogP contribution in [0.25, 0.3) is 11.4 Å². The van der Waals surface area contributed by atoms with Crippen molar-refractivity contribution >= 4 is 0 Å². The molecule has 0 bridgehead atoms. The highest BCUT2D eigenvalue weighted by Gasteiger charge is 2.14. The smallest absolute Gasteiger partial charge is 0.227 e. The molecular weight excluding hydrogens is 254 g/mol. The first-order valence-electron chi connectivity index (χ1n) is 6.88. The normalized spacial score (nSPS) is 12.6. The minimum atomic E-state index is 0.312. The number of aromatic nitrogens is 2. The van der Waals surface area contributed by atoms with Gasteiger partial charge in [-0.1, -0.05) is 18.5 Å². The first-order chi connectivity index (χ1) is 9.55. The van der Waals surface area contributed by atoms with Crippen molar-refractivity contribution in [1.82, 2.24) is 10.1 Å². The van der Waals surface area contributed by atoms with Gasteiger partial charge in [-0.15, -0.1) is 0 Å². The molecule has 0 aliphatic carbocycles. The molecule has 5 nitrogen and oxygen atoms in total. The van der Waals surface area contributed by atoms with Gasteiger partial charge in [0.05, 0.1) is 0 Å². The number of benzene rings is 1. The van der Waals surface area contributed by atoms with Crippen molar-refractivity contribution in [2.45, 2.75) is 33.6 Å². The molecule has 1 heterocycles. The molecule has 3 N–H and O–H groups in total. The molecule has 0 spiro atoms. The van der Waals surface area contributed by atoms with Crippen LogP contribution >= 0.6 is 0 Å². The van der Waals surface area contributed by atoms with Gasteiger partial charge in [0.1, 0.15) is 5.75 Å². The van der Waals surface area contributed by atoms with Crippen molar-refractivity contribution in [3.8, 4) is 17.1 Å². The summed E-state index contributed by atoms with van der Waals surface area (Å²) in [5, 5.41) is 13.8. The van der Waals surface area contributed by atoms with Crippen molar-refractivity contribution in [3.63, 3.8) is 0 Å². The monoisotopic (exact) mass is 275 g/mol. The maximum atomic E-state index is 9.79. The molecule has 5 heteroatoms. The highest BCUT2D eigenvalue weighted by atomic mass is 16.5. The van der Waals surface area contributed by atoms with Crippen molar-refractivity contribution in [2.24, 2.45) is 11.7 Å². The number of nitrogens with two attached hydrogens (primary N) is 1. The van der Waals surface area contributed by atoms with E-state index in [0.717, 1.165) is 23.1 Å². The Morgan fingerprint density at radius 1 is 1.30 bits per heavy atom. The summed E-state index contributed by atoms with van der Waals surface area (Å²) < 4.78 is 5.28. The molecule has 0 saturated heterocycles. The molecule has 20 heavy (non-hydrogen) atoms. The predicted octanol–water partition coefficient (Wildman–Crippen LogP) is 2.59. The second kappa shape index (κ2) is 6.05. The lowest BCUT2D eigenvalue weighted by atomic mass is 10.0. The maximum absolute atomic E-state index is 9.79. The zero-order chi connectivity index (χ0) is 14.7. The first-order valence-corrected chi connectivity index (χ1v) is 6.88. The van der Waals surface area contributed by atoms with E-state index in [2.05, 4.69) is 17.1 Å². The topological polar surface area (TPSA) is 85.2 Å². The number of phenolic OH excluding ortho intramolecular Hbond substituents is 1. The summed E-state index contributed by atoms with van der Waals surface area (Å²) in [5.41, 5.74) is 8.15. The van der Waals surface area contributed by atoms with E-state index < -0.39 is 0 Å². The van der Waals surface area contributed by atoms with E-state index in [4.69, 9.17) is 10.3 Å². The van der Waals surface area contributed by atoms with Gasteiger partial charge in [-0.2, -0.15) is 4.98 Å². The van der Waals surface area contributed by atoms with E-state index in [1.807, 2.05) is 26.0 Å². The van der Waals surface area contributed by atoms with Crippen LogP contribution in [-0.4, -0.2) is 21.8 Å². The second-order valence-corrected chi connectivity index (χ2v) is 5.18. The lowest BCUT2D eigenvalue weighted by Gasteiger charge is -2.07.